The molecule has 0 bridgehead atoms. The van der Waals surface area contributed by atoms with Gasteiger partial charge in [0.1, 0.15) is 0 Å². The Bertz CT molecular complexity index is 712. The number of aliphatic imine (C=N–C) groups is 1. The minimum atomic E-state index is 0. The molecule has 1 saturated carbocycles. The molecule has 0 unspecified atom stereocenters. The van der Waals surface area contributed by atoms with Gasteiger partial charge in [0.05, 0.1) is 12.0 Å². The maximum absolute atomic E-state index is 6.04. The summed E-state index contributed by atoms with van der Waals surface area (Å²) in [5.41, 5.74) is 1.77. The molecule has 132 valence electrons. The van der Waals surface area contributed by atoms with Crippen molar-refractivity contribution >= 4 is 29.8 Å². The number of benzene rings is 1. The van der Waals surface area contributed by atoms with Crippen LogP contribution in [0, 0.1) is 5.92 Å². The molecule has 0 atom stereocenters. The normalized spacial score (nSPS) is 20.1. The summed E-state index contributed by atoms with van der Waals surface area (Å²) in [4.78, 5) is 4.09. The van der Waals surface area contributed by atoms with Crippen molar-refractivity contribution in [3.8, 4) is 0 Å². The average Bonchev–Trinajstić information content (AvgIpc) is 3.13. The van der Waals surface area contributed by atoms with Gasteiger partial charge in [0, 0.05) is 23.3 Å². The molecule has 1 aromatic heterocycles. The van der Waals surface area contributed by atoms with Crippen molar-refractivity contribution in [2.45, 2.75) is 31.7 Å². The van der Waals surface area contributed by atoms with E-state index in [0.29, 0.717) is 22.8 Å². The number of rotatable bonds is 7. The van der Waals surface area contributed by atoms with Gasteiger partial charge in [-0.1, -0.05) is 36.6 Å². The first kappa shape index (κ1) is 21.7. The minimum Gasteiger partial charge on any atom is -0.463 e. The average molecular weight is 397 g/mol. The quantitative estimate of drug-likeness (QED) is 0.576. The molecule has 2 aromatic rings. The topological polar surface area (TPSA) is 64.5 Å². The number of hydrogen-bond donors (Lipinski definition) is 1. The molecule has 5 nitrogen and oxygen atoms in total. The zero-order chi connectivity index (χ0) is 17.5. The Morgan fingerprint density at radius 2 is 2.15 bits per heavy atom. The van der Waals surface area contributed by atoms with E-state index in [0.717, 1.165) is 43.5 Å². The van der Waals surface area contributed by atoms with Crippen molar-refractivity contribution in [3.05, 3.63) is 58.7 Å². The second kappa shape index (κ2) is 11.3. The van der Waals surface area contributed by atoms with E-state index in [2.05, 4.69) is 27.5 Å². The van der Waals surface area contributed by atoms with Crippen molar-refractivity contribution in [1.29, 1.82) is 0 Å². The number of hydrogen-bond acceptors (Lipinski definition) is 4. The van der Waals surface area contributed by atoms with Crippen molar-refractivity contribution in [2.24, 2.45) is 10.9 Å². The molecule has 1 heterocycles. The number of nitrogens with one attached hydrogen (secondary N) is 1. The standard InChI is InChI=1S/C19H22ClN4O.K/c1-21-18(15-3-2-4-16(20)11-15)13-22-12-14-5-7-17(8-6-14)23-19-9-10-25-24-19;/h2-4,9-11,13-14,17,22H,1,5-8,12H2;/q-1;+1/b18-13-;. The van der Waals surface area contributed by atoms with E-state index in [9.17, 15) is 0 Å². The summed E-state index contributed by atoms with van der Waals surface area (Å²) in [7, 11) is 0. The molecule has 3 rings (SSSR count). The van der Waals surface area contributed by atoms with E-state index in [1.54, 1.807) is 12.3 Å². The first-order chi connectivity index (χ1) is 12.2. The maximum Gasteiger partial charge on any atom is 1.00 e. The van der Waals surface area contributed by atoms with Gasteiger partial charge in [-0.25, -0.2) is 0 Å². The monoisotopic (exact) mass is 396 g/mol. The molecule has 0 spiro atoms. The van der Waals surface area contributed by atoms with Gasteiger partial charge in [0.25, 0.3) is 0 Å². The van der Waals surface area contributed by atoms with Crippen LogP contribution in [-0.4, -0.2) is 24.5 Å². The minimum absolute atomic E-state index is 0. The Kier molecular flexibility index (Phi) is 9.39. The molecule has 26 heavy (non-hydrogen) atoms. The van der Waals surface area contributed by atoms with E-state index in [-0.39, 0.29) is 51.4 Å². The number of aromatic nitrogens is 1. The zero-order valence-electron chi connectivity index (χ0n) is 15.1. The summed E-state index contributed by atoms with van der Waals surface area (Å²) in [6.45, 7) is 4.58. The summed E-state index contributed by atoms with van der Waals surface area (Å²) in [5.74, 6) is 1.35. The summed E-state index contributed by atoms with van der Waals surface area (Å²) >= 11 is 6.04. The summed E-state index contributed by atoms with van der Waals surface area (Å²) in [5, 5.41) is 12.5. The Balaban J connectivity index is 0.00000243. The fourth-order valence-corrected chi connectivity index (χ4v) is 3.32. The molecule has 0 amide bonds. The fourth-order valence-electron chi connectivity index (χ4n) is 3.13. The van der Waals surface area contributed by atoms with E-state index in [1.807, 2.05) is 30.5 Å². The molecule has 0 radical (unpaired) electrons. The first-order valence-electron chi connectivity index (χ1n) is 8.52. The summed E-state index contributed by atoms with van der Waals surface area (Å²) in [6, 6.07) is 9.79. The number of nitrogens with zero attached hydrogens (tertiary/aromatic N) is 3. The van der Waals surface area contributed by atoms with Crippen LogP contribution in [0.25, 0.3) is 11.0 Å². The molecule has 0 aliphatic heterocycles. The third-order valence-corrected chi connectivity index (χ3v) is 4.73. The zero-order valence-corrected chi connectivity index (χ0v) is 18.9. The van der Waals surface area contributed by atoms with Gasteiger partial charge in [0.2, 0.25) is 0 Å². The summed E-state index contributed by atoms with van der Waals surface area (Å²) < 4.78 is 4.82. The molecule has 1 aliphatic rings. The van der Waals surface area contributed by atoms with Crippen LogP contribution in [-0.2, 0) is 0 Å². The van der Waals surface area contributed by atoms with Gasteiger partial charge in [0.15, 0.2) is 0 Å². The molecule has 0 saturated heterocycles. The van der Waals surface area contributed by atoms with Crippen LogP contribution >= 0.6 is 11.6 Å². The first-order valence-corrected chi connectivity index (χ1v) is 8.90. The summed E-state index contributed by atoms with van der Waals surface area (Å²) in [6.07, 6.45) is 7.96. The number of halogens is 1. The third-order valence-electron chi connectivity index (χ3n) is 4.49. The predicted octanol–water partition coefficient (Wildman–Crippen LogP) is 2.18. The second-order valence-electron chi connectivity index (χ2n) is 6.27. The Labute approximate surface area is 202 Å². The van der Waals surface area contributed by atoms with Crippen LogP contribution in [0.2, 0.25) is 5.02 Å². The predicted molar refractivity (Wildman–Crippen MR) is 102 cm³/mol. The Hall–Kier alpha value is -0.634. The van der Waals surface area contributed by atoms with Crippen LogP contribution in [0.3, 0.4) is 0 Å². The van der Waals surface area contributed by atoms with Gasteiger partial charge in [-0.3, -0.25) is 10.1 Å². The smallest absolute Gasteiger partial charge is 0.463 e. The van der Waals surface area contributed by atoms with Crippen LogP contribution in [0.15, 0.2) is 52.3 Å². The van der Waals surface area contributed by atoms with E-state index < -0.39 is 0 Å². The van der Waals surface area contributed by atoms with Gasteiger partial charge < -0.3 is 15.2 Å². The SMILES string of the molecule is C=N/C(=C\NCC1CCC([N-]c2ccon2)CC1)c1cccc(Cl)c1.[K+]. The van der Waals surface area contributed by atoms with Gasteiger partial charge in [-0.05, 0) is 55.5 Å². The van der Waals surface area contributed by atoms with E-state index >= 15 is 0 Å². The van der Waals surface area contributed by atoms with E-state index in [4.69, 9.17) is 16.1 Å². The van der Waals surface area contributed by atoms with Crippen LogP contribution in [0.4, 0.5) is 5.82 Å². The van der Waals surface area contributed by atoms with Crippen LogP contribution in [0.1, 0.15) is 31.2 Å². The maximum atomic E-state index is 6.04. The van der Waals surface area contributed by atoms with Gasteiger partial charge in [-0.15, -0.1) is 0 Å². The van der Waals surface area contributed by atoms with Crippen molar-refractivity contribution in [3.63, 3.8) is 0 Å². The Morgan fingerprint density at radius 1 is 1.35 bits per heavy atom. The van der Waals surface area contributed by atoms with Crippen LogP contribution in [0.5, 0.6) is 0 Å². The van der Waals surface area contributed by atoms with Gasteiger partial charge >= 0.3 is 51.4 Å². The van der Waals surface area contributed by atoms with Crippen molar-refractivity contribution < 1.29 is 55.9 Å². The fraction of sp³-hybridized carbons (Fsp3) is 0.368. The molecule has 1 aromatic carbocycles. The van der Waals surface area contributed by atoms with E-state index in [1.165, 1.54) is 0 Å². The van der Waals surface area contributed by atoms with Crippen molar-refractivity contribution in [1.82, 2.24) is 10.5 Å². The Morgan fingerprint density at radius 3 is 2.81 bits per heavy atom. The molecule has 7 heteroatoms. The van der Waals surface area contributed by atoms with Crippen LogP contribution < -0.4 is 56.7 Å². The van der Waals surface area contributed by atoms with Gasteiger partial charge in [-0.2, -0.15) is 0 Å². The largest absolute Gasteiger partial charge is 1.00 e. The molecule has 1 aliphatic carbocycles. The van der Waals surface area contributed by atoms with Crippen molar-refractivity contribution in [2.75, 3.05) is 6.54 Å². The third kappa shape index (κ3) is 6.51. The molecule has 1 fully saturated rings. The second-order valence-corrected chi connectivity index (χ2v) is 6.70. The molecular weight excluding hydrogens is 375 g/mol. The molecular formula is C19H22ClKN4O. The molecule has 1 N–H and O–H groups in total.